The van der Waals surface area contributed by atoms with Crippen LogP contribution in [0.4, 0.5) is 4.39 Å². The molecule has 7 nitrogen and oxygen atoms in total. The minimum atomic E-state index is -0.580. The van der Waals surface area contributed by atoms with Crippen LogP contribution in [0, 0.1) is 5.82 Å². The summed E-state index contributed by atoms with van der Waals surface area (Å²) < 4.78 is 21.2. The maximum Gasteiger partial charge on any atom is 0.332 e. The van der Waals surface area contributed by atoms with Crippen molar-refractivity contribution in [2.24, 2.45) is 0 Å². The molecule has 0 aliphatic rings. The zero-order valence-electron chi connectivity index (χ0n) is 17.2. The number of hydrogen-bond acceptors (Lipinski definition) is 5. The van der Waals surface area contributed by atoms with Crippen LogP contribution in [0.5, 0.6) is 5.75 Å². The van der Waals surface area contributed by atoms with Crippen molar-refractivity contribution in [2.75, 3.05) is 7.11 Å². The number of carbonyl (C=O) groups excluding carboxylic acids is 1. The summed E-state index contributed by atoms with van der Waals surface area (Å²) in [4.78, 5) is 38.8. The fraction of sp³-hybridized carbons (Fsp3) is 0.174. The van der Waals surface area contributed by atoms with E-state index in [0.717, 1.165) is 10.1 Å². The van der Waals surface area contributed by atoms with Gasteiger partial charge in [-0.25, -0.2) is 9.18 Å². The molecule has 0 spiro atoms. The minimum Gasteiger partial charge on any atom is -0.496 e. The van der Waals surface area contributed by atoms with Crippen LogP contribution in [0.2, 0.25) is 0 Å². The zero-order valence-corrected chi connectivity index (χ0v) is 18.0. The number of thiophene rings is 1. The van der Waals surface area contributed by atoms with E-state index in [0.29, 0.717) is 21.5 Å². The highest BCUT2D eigenvalue weighted by Crippen LogP contribution is 2.19. The Labute approximate surface area is 186 Å². The van der Waals surface area contributed by atoms with Gasteiger partial charge in [0.15, 0.2) is 0 Å². The number of nitrogens with one attached hydrogen (secondary N) is 1. The molecule has 0 aliphatic heterocycles. The van der Waals surface area contributed by atoms with E-state index < -0.39 is 17.2 Å². The highest BCUT2D eigenvalue weighted by atomic mass is 32.1. The van der Waals surface area contributed by atoms with Gasteiger partial charge in [-0.2, -0.15) is 0 Å². The van der Waals surface area contributed by atoms with Crippen molar-refractivity contribution in [3.63, 3.8) is 0 Å². The molecule has 0 saturated heterocycles. The Balaban J connectivity index is 1.64. The van der Waals surface area contributed by atoms with Crippen molar-refractivity contribution < 1.29 is 13.9 Å². The van der Waals surface area contributed by atoms with Crippen molar-refractivity contribution >= 4 is 27.5 Å². The second-order valence-electron chi connectivity index (χ2n) is 7.11. The van der Waals surface area contributed by atoms with Crippen LogP contribution < -0.4 is 21.3 Å². The molecule has 0 aliphatic carbocycles. The standard InChI is InChI=1S/C23H20FN3O4S/c1-31-19-5-3-2-4-16(19)13-27-22(29)21-18(10-11-32-21)26(23(27)30)14-20(28)25-12-15-6-8-17(24)9-7-15/h2-11H,12-14H2,1H3,(H,25,28). The smallest absolute Gasteiger partial charge is 0.332 e. The van der Waals surface area contributed by atoms with E-state index in [2.05, 4.69) is 5.32 Å². The number of benzene rings is 2. The van der Waals surface area contributed by atoms with Gasteiger partial charge in [-0.05, 0) is 35.2 Å². The lowest BCUT2D eigenvalue weighted by atomic mass is 10.2. The molecule has 0 bridgehead atoms. The lowest BCUT2D eigenvalue weighted by molar-refractivity contribution is -0.121. The molecular weight excluding hydrogens is 433 g/mol. The highest BCUT2D eigenvalue weighted by molar-refractivity contribution is 7.17. The molecule has 4 rings (SSSR count). The van der Waals surface area contributed by atoms with Gasteiger partial charge in [-0.1, -0.05) is 30.3 Å². The van der Waals surface area contributed by atoms with Gasteiger partial charge in [0.2, 0.25) is 5.91 Å². The third-order valence-corrected chi connectivity index (χ3v) is 5.95. The van der Waals surface area contributed by atoms with Crippen LogP contribution in [-0.4, -0.2) is 22.2 Å². The van der Waals surface area contributed by atoms with Crippen LogP contribution in [0.15, 0.2) is 69.6 Å². The number of ether oxygens (including phenoxy) is 1. The van der Waals surface area contributed by atoms with Gasteiger partial charge in [0.1, 0.15) is 22.8 Å². The van der Waals surface area contributed by atoms with Gasteiger partial charge in [0.25, 0.3) is 5.56 Å². The highest BCUT2D eigenvalue weighted by Gasteiger charge is 2.17. The number of nitrogens with zero attached hydrogens (tertiary/aromatic N) is 2. The second kappa shape index (κ2) is 9.19. The maximum atomic E-state index is 13.2. The first kappa shape index (κ1) is 21.5. The summed E-state index contributed by atoms with van der Waals surface area (Å²) in [5, 5.41) is 4.44. The summed E-state index contributed by atoms with van der Waals surface area (Å²) in [5.41, 5.74) is 0.835. The number of para-hydroxylation sites is 1. The molecule has 164 valence electrons. The monoisotopic (exact) mass is 453 g/mol. The van der Waals surface area contributed by atoms with Crippen molar-refractivity contribution in [2.45, 2.75) is 19.6 Å². The number of methoxy groups -OCH3 is 1. The summed E-state index contributed by atoms with van der Waals surface area (Å²) >= 11 is 1.22. The topological polar surface area (TPSA) is 82.3 Å². The van der Waals surface area contributed by atoms with E-state index in [1.807, 2.05) is 0 Å². The van der Waals surface area contributed by atoms with E-state index in [-0.39, 0.29) is 25.5 Å². The first-order chi connectivity index (χ1) is 15.5. The second-order valence-corrected chi connectivity index (χ2v) is 8.03. The van der Waals surface area contributed by atoms with E-state index in [1.54, 1.807) is 47.8 Å². The van der Waals surface area contributed by atoms with Crippen molar-refractivity contribution in [1.29, 1.82) is 0 Å². The van der Waals surface area contributed by atoms with E-state index in [1.165, 1.54) is 35.1 Å². The number of hydrogen-bond donors (Lipinski definition) is 1. The molecule has 1 amide bonds. The largest absolute Gasteiger partial charge is 0.496 e. The van der Waals surface area contributed by atoms with Crippen molar-refractivity contribution in [3.8, 4) is 5.75 Å². The molecule has 4 aromatic rings. The van der Waals surface area contributed by atoms with E-state index in [9.17, 15) is 18.8 Å². The molecule has 32 heavy (non-hydrogen) atoms. The number of amides is 1. The number of fused-ring (bicyclic) bond motifs is 1. The third kappa shape index (κ3) is 4.33. The number of halogens is 1. The van der Waals surface area contributed by atoms with Crippen LogP contribution in [-0.2, 0) is 24.4 Å². The molecule has 0 saturated carbocycles. The Morgan fingerprint density at radius 3 is 2.56 bits per heavy atom. The molecule has 1 N–H and O–H groups in total. The van der Waals surface area contributed by atoms with E-state index >= 15 is 0 Å². The van der Waals surface area contributed by atoms with Gasteiger partial charge in [0.05, 0.1) is 19.2 Å². The molecule has 2 aromatic heterocycles. The number of rotatable bonds is 7. The molecule has 0 atom stereocenters. The molecule has 0 radical (unpaired) electrons. The summed E-state index contributed by atoms with van der Waals surface area (Å²) in [5.74, 6) is -0.191. The maximum absolute atomic E-state index is 13.2. The number of carbonyl (C=O) groups is 1. The fourth-order valence-electron chi connectivity index (χ4n) is 3.43. The summed E-state index contributed by atoms with van der Waals surface area (Å²) in [7, 11) is 1.52. The minimum absolute atomic E-state index is 0.0206. The Hall–Kier alpha value is -3.72. The van der Waals surface area contributed by atoms with Gasteiger partial charge in [-0.15, -0.1) is 11.3 Å². The van der Waals surface area contributed by atoms with Crippen LogP contribution in [0.25, 0.3) is 10.2 Å². The predicted molar refractivity (Wildman–Crippen MR) is 121 cm³/mol. The first-order valence-electron chi connectivity index (χ1n) is 9.82. The summed E-state index contributed by atoms with van der Waals surface area (Å²) in [6.45, 7) is -0.0340. The summed E-state index contributed by atoms with van der Waals surface area (Å²) in [6, 6.07) is 14.6. The lowest BCUT2D eigenvalue weighted by Gasteiger charge is -2.14. The van der Waals surface area contributed by atoms with Gasteiger partial charge >= 0.3 is 5.69 Å². The molecule has 2 heterocycles. The van der Waals surface area contributed by atoms with Crippen LogP contribution in [0.3, 0.4) is 0 Å². The Bertz CT molecular complexity index is 1390. The first-order valence-corrected chi connectivity index (χ1v) is 10.7. The van der Waals surface area contributed by atoms with Crippen molar-refractivity contribution in [1.82, 2.24) is 14.5 Å². The van der Waals surface area contributed by atoms with Gasteiger partial charge in [-0.3, -0.25) is 18.7 Å². The quantitative estimate of drug-likeness (QED) is 0.467. The molecule has 0 fully saturated rings. The molecule has 2 aromatic carbocycles. The molecular formula is C23H20FN3O4S. The average molecular weight is 453 g/mol. The Morgan fingerprint density at radius 2 is 1.81 bits per heavy atom. The number of aromatic nitrogens is 2. The molecule has 0 unspecified atom stereocenters. The van der Waals surface area contributed by atoms with Crippen LogP contribution in [0.1, 0.15) is 11.1 Å². The van der Waals surface area contributed by atoms with Crippen molar-refractivity contribution in [3.05, 3.63) is 97.8 Å². The third-order valence-electron chi connectivity index (χ3n) is 5.06. The lowest BCUT2D eigenvalue weighted by Crippen LogP contribution is -2.42. The fourth-order valence-corrected chi connectivity index (χ4v) is 4.27. The predicted octanol–water partition coefficient (Wildman–Crippen LogP) is 2.74. The van der Waals surface area contributed by atoms with Crippen LogP contribution >= 0.6 is 11.3 Å². The Morgan fingerprint density at radius 1 is 1.06 bits per heavy atom. The van der Waals surface area contributed by atoms with E-state index in [4.69, 9.17) is 4.74 Å². The average Bonchev–Trinajstić information content (AvgIpc) is 3.29. The molecule has 9 heteroatoms. The normalized spacial score (nSPS) is 10.9. The summed E-state index contributed by atoms with van der Waals surface area (Å²) in [6.07, 6.45) is 0. The SMILES string of the molecule is COc1ccccc1Cn1c(=O)c2sccc2n(CC(=O)NCc2ccc(F)cc2)c1=O. The Kier molecular flexibility index (Phi) is 6.18. The van der Waals surface area contributed by atoms with Gasteiger partial charge in [0, 0.05) is 12.1 Å². The van der Waals surface area contributed by atoms with Gasteiger partial charge < -0.3 is 10.1 Å². The zero-order chi connectivity index (χ0) is 22.7.